The van der Waals surface area contributed by atoms with E-state index >= 15 is 0 Å². The van der Waals surface area contributed by atoms with Crippen LogP contribution in [-0.2, 0) is 18.3 Å². The molecule has 0 aliphatic carbocycles. The van der Waals surface area contributed by atoms with Crippen LogP contribution in [0.4, 0.5) is 4.79 Å². The SMILES string of the molecule is CC(C)OP(=O)(OC(C)C)[C@H](OC(N)=O)c1ccccc1O. The molecular formula is C14H22NO6P. The summed E-state index contributed by atoms with van der Waals surface area (Å²) in [4.78, 5) is 11.2. The highest BCUT2D eigenvalue weighted by Gasteiger charge is 2.43. The van der Waals surface area contributed by atoms with Gasteiger partial charge in [0.1, 0.15) is 5.75 Å². The summed E-state index contributed by atoms with van der Waals surface area (Å²) in [5.41, 5.74) is 5.17. The molecule has 8 heteroatoms. The van der Waals surface area contributed by atoms with Crippen molar-refractivity contribution in [2.24, 2.45) is 5.73 Å². The van der Waals surface area contributed by atoms with Crippen molar-refractivity contribution < 1.29 is 28.3 Å². The van der Waals surface area contributed by atoms with Gasteiger partial charge in [0.05, 0.1) is 12.2 Å². The van der Waals surface area contributed by atoms with Crippen LogP contribution in [0, 0.1) is 0 Å². The molecule has 1 rings (SSSR count). The number of hydrogen-bond acceptors (Lipinski definition) is 6. The molecule has 0 aliphatic rings. The second-order valence-corrected chi connectivity index (χ2v) is 7.17. The molecule has 0 bridgehead atoms. The van der Waals surface area contributed by atoms with E-state index in [-0.39, 0.29) is 11.3 Å². The number of aromatic hydroxyl groups is 1. The molecule has 1 aromatic rings. The van der Waals surface area contributed by atoms with Crippen molar-refractivity contribution in [3.63, 3.8) is 0 Å². The summed E-state index contributed by atoms with van der Waals surface area (Å²) < 4.78 is 28.9. The predicted molar refractivity (Wildman–Crippen MR) is 81.6 cm³/mol. The summed E-state index contributed by atoms with van der Waals surface area (Å²) in [6, 6.07) is 6.02. The third-order valence-corrected chi connectivity index (χ3v) is 4.82. The minimum absolute atomic E-state index is 0.103. The van der Waals surface area contributed by atoms with Crippen molar-refractivity contribution in [2.75, 3.05) is 0 Å². The van der Waals surface area contributed by atoms with Crippen molar-refractivity contribution in [3.05, 3.63) is 29.8 Å². The van der Waals surface area contributed by atoms with E-state index in [1.807, 2.05) is 0 Å². The summed E-state index contributed by atoms with van der Waals surface area (Å²) >= 11 is 0. The molecule has 3 N–H and O–H groups in total. The molecule has 1 atom stereocenters. The maximum absolute atomic E-state index is 13.1. The summed E-state index contributed by atoms with van der Waals surface area (Å²) in [6.45, 7) is 6.68. The highest BCUT2D eigenvalue weighted by molar-refractivity contribution is 7.54. The smallest absolute Gasteiger partial charge is 0.405 e. The number of phenols is 1. The third kappa shape index (κ3) is 5.02. The Labute approximate surface area is 129 Å². The molecule has 0 radical (unpaired) electrons. The standard InChI is InChI=1S/C14H22NO6P/c1-9(2)20-22(18,21-10(3)4)13(19-14(15)17)11-7-5-6-8-12(11)16/h5-10,13,16H,1-4H3,(H2,15,17)/t13-/m0/s1. The van der Waals surface area contributed by atoms with Crippen molar-refractivity contribution in [1.29, 1.82) is 0 Å². The average molecular weight is 331 g/mol. The fraction of sp³-hybridized carbons (Fsp3) is 0.500. The number of ether oxygens (including phenoxy) is 1. The quantitative estimate of drug-likeness (QED) is 0.740. The van der Waals surface area contributed by atoms with Crippen molar-refractivity contribution in [3.8, 4) is 5.75 Å². The zero-order valence-electron chi connectivity index (χ0n) is 13.1. The first-order valence-electron chi connectivity index (χ1n) is 6.86. The average Bonchev–Trinajstić information content (AvgIpc) is 2.34. The van der Waals surface area contributed by atoms with E-state index in [9.17, 15) is 14.5 Å². The molecule has 1 aromatic carbocycles. The summed E-state index contributed by atoms with van der Waals surface area (Å²) in [5, 5.41) is 9.96. The number of para-hydroxylation sites is 1. The molecule has 124 valence electrons. The van der Waals surface area contributed by atoms with Crippen molar-refractivity contribution in [1.82, 2.24) is 0 Å². The Bertz CT molecular complexity index is 546. The largest absolute Gasteiger partial charge is 0.508 e. The van der Waals surface area contributed by atoms with Crippen LogP contribution in [0.25, 0.3) is 0 Å². The fourth-order valence-electron chi connectivity index (χ4n) is 1.83. The maximum atomic E-state index is 13.1. The number of nitrogens with two attached hydrogens (primary N) is 1. The van der Waals surface area contributed by atoms with Crippen LogP contribution in [0.3, 0.4) is 0 Å². The lowest BCUT2D eigenvalue weighted by atomic mass is 10.2. The Morgan fingerprint density at radius 3 is 2.05 bits per heavy atom. The summed E-state index contributed by atoms with van der Waals surface area (Å²) in [6.07, 6.45) is -2.04. The van der Waals surface area contributed by atoms with E-state index in [1.54, 1.807) is 39.8 Å². The molecule has 0 aliphatic heterocycles. The molecule has 0 heterocycles. The van der Waals surface area contributed by atoms with Gasteiger partial charge in [0.2, 0.25) is 5.85 Å². The fourth-order valence-corrected chi connectivity index (χ4v) is 4.07. The molecule has 0 aromatic heterocycles. The number of amides is 1. The number of benzene rings is 1. The number of rotatable bonds is 7. The van der Waals surface area contributed by atoms with Gasteiger partial charge in [0.25, 0.3) is 0 Å². The molecule has 22 heavy (non-hydrogen) atoms. The Morgan fingerprint density at radius 1 is 1.14 bits per heavy atom. The van der Waals surface area contributed by atoms with Gasteiger partial charge in [-0.15, -0.1) is 0 Å². The molecule has 0 fully saturated rings. The first-order valence-corrected chi connectivity index (χ1v) is 8.47. The van der Waals surface area contributed by atoms with Crippen molar-refractivity contribution in [2.45, 2.75) is 45.7 Å². The van der Waals surface area contributed by atoms with Gasteiger partial charge in [-0.2, -0.15) is 0 Å². The van der Waals surface area contributed by atoms with E-state index in [4.69, 9.17) is 19.5 Å². The lowest BCUT2D eigenvalue weighted by Crippen LogP contribution is -2.21. The number of hydrogen-bond donors (Lipinski definition) is 2. The third-order valence-electron chi connectivity index (χ3n) is 2.43. The van der Waals surface area contributed by atoms with Crippen LogP contribution >= 0.6 is 7.60 Å². The van der Waals surface area contributed by atoms with Crippen molar-refractivity contribution >= 4 is 13.7 Å². The zero-order chi connectivity index (χ0) is 16.9. The molecule has 7 nitrogen and oxygen atoms in total. The van der Waals surface area contributed by atoms with Crippen LogP contribution in [0.15, 0.2) is 24.3 Å². The number of phenolic OH excluding ortho intramolecular Hbond substituents is 1. The lowest BCUT2D eigenvalue weighted by Gasteiger charge is -2.29. The normalized spacial score (nSPS) is 13.4. The van der Waals surface area contributed by atoms with E-state index in [1.165, 1.54) is 12.1 Å². The minimum Gasteiger partial charge on any atom is -0.508 e. The minimum atomic E-state index is -3.93. The summed E-state index contributed by atoms with van der Waals surface area (Å²) in [7, 11) is -3.93. The van der Waals surface area contributed by atoms with E-state index in [2.05, 4.69) is 0 Å². The first kappa shape index (κ1) is 18.5. The van der Waals surface area contributed by atoms with Crippen LogP contribution in [0.5, 0.6) is 5.75 Å². The first-order chi connectivity index (χ1) is 10.2. The Morgan fingerprint density at radius 2 is 1.64 bits per heavy atom. The Kier molecular flexibility index (Phi) is 6.41. The van der Waals surface area contributed by atoms with Crippen LogP contribution in [0.1, 0.15) is 39.1 Å². The van der Waals surface area contributed by atoms with Gasteiger partial charge in [-0.25, -0.2) is 4.79 Å². The van der Waals surface area contributed by atoms with Gasteiger partial charge in [0, 0.05) is 5.56 Å². The predicted octanol–water partition coefficient (Wildman–Crippen LogP) is 3.53. The van der Waals surface area contributed by atoms with E-state index in [0.717, 1.165) is 0 Å². The monoisotopic (exact) mass is 331 g/mol. The van der Waals surface area contributed by atoms with Crippen LogP contribution in [0.2, 0.25) is 0 Å². The molecule has 0 saturated heterocycles. The van der Waals surface area contributed by atoms with E-state index in [0.29, 0.717) is 0 Å². The maximum Gasteiger partial charge on any atom is 0.405 e. The Balaban J connectivity index is 3.35. The highest BCUT2D eigenvalue weighted by Crippen LogP contribution is 2.63. The Hall–Kier alpha value is -1.56. The lowest BCUT2D eigenvalue weighted by molar-refractivity contribution is 0.0824. The second-order valence-electron chi connectivity index (χ2n) is 5.20. The van der Waals surface area contributed by atoms with Crippen LogP contribution < -0.4 is 5.73 Å². The molecule has 1 amide bonds. The number of carbonyl (C=O) groups is 1. The molecular weight excluding hydrogens is 309 g/mol. The highest BCUT2D eigenvalue weighted by atomic mass is 31.2. The number of primary amides is 1. The molecule has 0 spiro atoms. The van der Waals surface area contributed by atoms with Gasteiger partial charge >= 0.3 is 13.7 Å². The van der Waals surface area contributed by atoms with Gasteiger partial charge in [-0.3, -0.25) is 4.57 Å². The van der Waals surface area contributed by atoms with Gasteiger partial charge in [0.15, 0.2) is 0 Å². The molecule has 0 saturated carbocycles. The van der Waals surface area contributed by atoms with Gasteiger partial charge in [-0.05, 0) is 33.8 Å². The van der Waals surface area contributed by atoms with Crippen LogP contribution in [-0.4, -0.2) is 23.4 Å². The van der Waals surface area contributed by atoms with Gasteiger partial charge < -0.3 is 24.6 Å². The summed E-state index contributed by atoms with van der Waals surface area (Å²) in [5.74, 6) is -1.65. The zero-order valence-corrected chi connectivity index (χ0v) is 13.9. The number of carbonyl (C=O) groups excluding carboxylic acids is 1. The molecule has 0 unspecified atom stereocenters. The van der Waals surface area contributed by atoms with Gasteiger partial charge in [-0.1, -0.05) is 18.2 Å². The second kappa shape index (κ2) is 7.63. The topological polar surface area (TPSA) is 108 Å². The van der Waals surface area contributed by atoms with E-state index < -0.39 is 31.7 Å².